The molecule has 2 rings (SSSR count). The van der Waals surface area contributed by atoms with E-state index in [-0.39, 0.29) is 0 Å². The monoisotopic (exact) mass is 187 g/mol. The van der Waals surface area contributed by atoms with Crippen LogP contribution >= 0.6 is 0 Å². The predicted octanol–water partition coefficient (Wildman–Crippen LogP) is 2.08. The Bertz CT molecular complexity index is 408. The van der Waals surface area contributed by atoms with Gasteiger partial charge in [-0.3, -0.25) is 10.8 Å². The third-order valence-corrected chi connectivity index (χ3v) is 2.39. The zero-order valence-corrected chi connectivity index (χ0v) is 8.12. The van der Waals surface area contributed by atoms with E-state index in [4.69, 9.17) is 5.84 Å². The first kappa shape index (κ1) is 8.97. The number of aromatic nitrogens is 1. The van der Waals surface area contributed by atoms with E-state index in [1.54, 1.807) is 6.20 Å². The number of hydrogen-bond donors (Lipinski definition) is 2. The van der Waals surface area contributed by atoms with Crippen LogP contribution in [0.15, 0.2) is 30.5 Å². The van der Waals surface area contributed by atoms with E-state index in [1.165, 1.54) is 5.56 Å². The van der Waals surface area contributed by atoms with Gasteiger partial charge in [0.15, 0.2) is 0 Å². The van der Waals surface area contributed by atoms with Gasteiger partial charge in [-0.25, -0.2) is 0 Å². The van der Waals surface area contributed by atoms with E-state index in [0.717, 1.165) is 23.0 Å². The summed E-state index contributed by atoms with van der Waals surface area (Å²) >= 11 is 0. The zero-order chi connectivity index (χ0) is 9.97. The first-order valence-electron chi connectivity index (χ1n) is 4.70. The Labute approximate surface area is 82.9 Å². The quantitative estimate of drug-likeness (QED) is 0.559. The van der Waals surface area contributed by atoms with Gasteiger partial charge in [-0.2, -0.15) is 0 Å². The van der Waals surface area contributed by atoms with Crippen LogP contribution in [0.3, 0.4) is 0 Å². The number of para-hydroxylation sites is 1. The fourth-order valence-corrected chi connectivity index (χ4v) is 1.65. The number of nitrogen functional groups attached to an aromatic ring is 1. The van der Waals surface area contributed by atoms with Crippen LogP contribution in [-0.2, 0) is 6.42 Å². The van der Waals surface area contributed by atoms with Gasteiger partial charge in [0.25, 0.3) is 0 Å². The Balaban J connectivity index is 2.77. The van der Waals surface area contributed by atoms with Crippen molar-refractivity contribution in [2.75, 3.05) is 5.43 Å². The van der Waals surface area contributed by atoms with Crippen molar-refractivity contribution in [3.8, 4) is 0 Å². The molecule has 0 saturated heterocycles. The minimum absolute atomic E-state index is 0.922. The number of nitrogens with two attached hydrogens (primary N) is 1. The number of anilines is 1. The smallest absolute Gasteiger partial charge is 0.0755 e. The molecule has 0 bridgehead atoms. The van der Waals surface area contributed by atoms with Gasteiger partial charge in [-0.1, -0.05) is 25.1 Å². The number of hydrazine groups is 1. The number of hydrogen-bond acceptors (Lipinski definition) is 3. The molecule has 0 amide bonds. The van der Waals surface area contributed by atoms with Crippen molar-refractivity contribution in [1.29, 1.82) is 0 Å². The molecule has 3 heteroatoms. The lowest BCUT2D eigenvalue weighted by Gasteiger charge is -2.07. The second kappa shape index (κ2) is 3.64. The summed E-state index contributed by atoms with van der Waals surface area (Å²) in [4.78, 5) is 4.37. The van der Waals surface area contributed by atoms with Gasteiger partial charge < -0.3 is 5.43 Å². The van der Waals surface area contributed by atoms with Crippen LogP contribution in [0.2, 0.25) is 0 Å². The second-order valence-corrected chi connectivity index (χ2v) is 3.17. The lowest BCUT2D eigenvalue weighted by atomic mass is 10.1. The Morgan fingerprint density at radius 3 is 2.93 bits per heavy atom. The van der Waals surface area contributed by atoms with Crippen LogP contribution in [0.5, 0.6) is 0 Å². The van der Waals surface area contributed by atoms with E-state index in [9.17, 15) is 0 Å². The topological polar surface area (TPSA) is 50.9 Å². The highest BCUT2D eigenvalue weighted by Gasteiger charge is 2.03. The van der Waals surface area contributed by atoms with Crippen molar-refractivity contribution < 1.29 is 0 Å². The molecule has 0 spiro atoms. The molecule has 0 radical (unpaired) electrons. The molecule has 0 aliphatic rings. The van der Waals surface area contributed by atoms with Crippen molar-refractivity contribution in [2.24, 2.45) is 5.84 Å². The van der Waals surface area contributed by atoms with Crippen molar-refractivity contribution in [3.05, 3.63) is 36.0 Å². The number of benzene rings is 1. The molecule has 0 saturated carbocycles. The van der Waals surface area contributed by atoms with Gasteiger partial charge in [-0.05, 0) is 18.1 Å². The molecule has 0 atom stereocenters. The minimum atomic E-state index is 0.922. The normalized spacial score (nSPS) is 10.4. The molecule has 2 aromatic rings. The summed E-state index contributed by atoms with van der Waals surface area (Å²) in [6, 6.07) is 8.03. The Morgan fingerprint density at radius 1 is 1.36 bits per heavy atom. The first-order valence-corrected chi connectivity index (χ1v) is 4.70. The van der Waals surface area contributed by atoms with E-state index in [0.29, 0.717) is 0 Å². The SMILES string of the molecule is CCc1cccc2c(NN)ccnc12. The average molecular weight is 187 g/mol. The Hall–Kier alpha value is -1.61. The second-order valence-electron chi connectivity index (χ2n) is 3.17. The van der Waals surface area contributed by atoms with Crippen LogP contribution in [0.4, 0.5) is 5.69 Å². The third-order valence-electron chi connectivity index (χ3n) is 2.39. The lowest BCUT2D eigenvalue weighted by molar-refractivity contribution is 1.14. The molecule has 0 unspecified atom stereocenters. The number of rotatable bonds is 2. The molecule has 3 nitrogen and oxygen atoms in total. The highest BCUT2D eigenvalue weighted by Crippen LogP contribution is 2.23. The summed E-state index contributed by atoms with van der Waals surface area (Å²) in [7, 11) is 0. The number of aryl methyl sites for hydroxylation is 1. The fourth-order valence-electron chi connectivity index (χ4n) is 1.65. The molecule has 0 aliphatic heterocycles. The maximum Gasteiger partial charge on any atom is 0.0755 e. The van der Waals surface area contributed by atoms with Crippen LogP contribution in [0, 0.1) is 0 Å². The summed E-state index contributed by atoms with van der Waals surface area (Å²) < 4.78 is 0. The molecule has 1 aromatic carbocycles. The summed E-state index contributed by atoms with van der Waals surface area (Å²) in [5.41, 5.74) is 5.89. The molecule has 0 fully saturated rings. The standard InChI is InChI=1S/C11H13N3/c1-2-8-4-3-5-9-10(14-12)6-7-13-11(8)9/h3-7H,2,12H2,1H3,(H,13,14). The minimum Gasteiger partial charge on any atom is -0.323 e. The molecule has 14 heavy (non-hydrogen) atoms. The van der Waals surface area contributed by atoms with Crippen molar-refractivity contribution in [2.45, 2.75) is 13.3 Å². The summed E-state index contributed by atoms with van der Waals surface area (Å²) in [6.07, 6.45) is 2.76. The number of pyridine rings is 1. The molecule has 3 N–H and O–H groups in total. The molecule has 72 valence electrons. The molecule has 1 aromatic heterocycles. The van der Waals surface area contributed by atoms with E-state index in [2.05, 4.69) is 23.4 Å². The van der Waals surface area contributed by atoms with Gasteiger partial charge in [0.05, 0.1) is 11.2 Å². The largest absolute Gasteiger partial charge is 0.323 e. The van der Waals surface area contributed by atoms with Crippen molar-refractivity contribution >= 4 is 16.6 Å². The average Bonchev–Trinajstić information content (AvgIpc) is 2.27. The predicted molar refractivity (Wildman–Crippen MR) is 58.9 cm³/mol. The lowest BCUT2D eigenvalue weighted by Crippen LogP contribution is -2.07. The number of fused-ring (bicyclic) bond motifs is 1. The van der Waals surface area contributed by atoms with Crippen molar-refractivity contribution in [3.63, 3.8) is 0 Å². The summed E-state index contributed by atoms with van der Waals surface area (Å²) in [5.74, 6) is 5.43. The van der Waals surface area contributed by atoms with Gasteiger partial charge >= 0.3 is 0 Å². The Morgan fingerprint density at radius 2 is 2.21 bits per heavy atom. The van der Waals surface area contributed by atoms with Crippen LogP contribution in [0.1, 0.15) is 12.5 Å². The summed E-state index contributed by atoms with van der Waals surface area (Å²) in [6.45, 7) is 2.12. The molecular weight excluding hydrogens is 174 g/mol. The fraction of sp³-hybridized carbons (Fsp3) is 0.182. The van der Waals surface area contributed by atoms with Gasteiger partial charge in [0.1, 0.15) is 0 Å². The maximum atomic E-state index is 5.43. The molecule has 0 aliphatic carbocycles. The summed E-state index contributed by atoms with van der Waals surface area (Å²) in [5, 5.41) is 1.08. The maximum absolute atomic E-state index is 5.43. The number of nitrogens with one attached hydrogen (secondary N) is 1. The van der Waals surface area contributed by atoms with Gasteiger partial charge in [0, 0.05) is 11.6 Å². The van der Waals surface area contributed by atoms with Crippen LogP contribution in [-0.4, -0.2) is 4.98 Å². The zero-order valence-electron chi connectivity index (χ0n) is 8.12. The third kappa shape index (κ3) is 1.32. The molecule has 1 heterocycles. The highest BCUT2D eigenvalue weighted by molar-refractivity contribution is 5.92. The molecular formula is C11H13N3. The first-order chi connectivity index (χ1) is 6.86. The van der Waals surface area contributed by atoms with Gasteiger partial charge in [-0.15, -0.1) is 0 Å². The highest BCUT2D eigenvalue weighted by atomic mass is 15.2. The van der Waals surface area contributed by atoms with E-state index in [1.807, 2.05) is 18.2 Å². The van der Waals surface area contributed by atoms with Crippen molar-refractivity contribution in [1.82, 2.24) is 4.98 Å². The van der Waals surface area contributed by atoms with Crippen LogP contribution < -0.4 is 11.3 Å². The van der Waals surface area contributed by atoms with Crippen LogP contribution in [0.25, 0.3) is 10.9 Å². The van der Waals surface area contributed by atoms with E-state index >= 15 is 0 Å². The number of nitrogens with zero attached hydrogens (tertiary/aromatic N) is 1. The van der Waals surface area contributed by atoms with E-state index < -0.39 is 0 Å². The Kier molecular flexibility index (Phi) is 2.33. The van der Waals surface area contributed by atoms with Gasteiger partial charge in [0.2, 0.25) is 0 Å².